The van der Waals surface area contributed by atoms with Crippen molar-refractivity contribution in [2.75, 3.05) is 0 Å². The lowest BCUT2D eigenvalue weighted by atomic mass is 10.0. The molecule has 0 saturated carbocycles. The molecule has 1 fully saturated rings. The highest BCUT2D eigenvalue weighted by atomic mass is 28.3. The number of unbranched alkanes of at least 4 members (excludes halogenated alkanes) is 1. The van der Waals surface area contributed by atoms with Gasteiger partial charge in [-0.2, -0.15) is 0 Å². The molecule has 0 atom stereocenters. The molecule has 0 aromatic heterocycles. The van der Waals surface area contributed by atoms with Gasteiger partial charge in [0.05, 0.1) is 8.07 Å². The van der Waals surface area contributed by atoms with E-state index in [1.807, 2.05) is 0 Å². The van der Waals surface area contributed by atoms with Gasteiger partial charge < -0.3 is 0 Å². The normalized spacial score (nSPS) is 34.8. The van der Waals surface area contributed by atoms with Crippen molar-refractivity contribution in [3.8, 4) is 0 Å². The Morgan fingerprint density at radius 2 is 1.77 bits per heavy atom. The van der Waals surface area contributed by atoms with Gasteiger partial charge in [-0.15, -0.1) is 0 Å². The molecule has 13 heavy (non-hydrogen) atoms. The smallest absolute Gasteiger partial charge is 0.0504 e. The Labute approximate surface area is 85.1 Å². The largest absolute Gasteiger partial charge is 0.0691 e. The highest BCUT2D eigenvalue weighted by molar-refractivity contribution is 6.78. The molecule has 0 spiro atoms. The van der Waals surface area contributed by atoms with Crippen LogP contribution in [0.2, 0.25) is 24.7 Å². The summed E-state index contributed by atoms with van der Waals surface area (Å²) in [6.07, 6.45) is 7.45. The van der Waals surface area contributed by atoms with E-state index in [1.165, 1.54) is 19.3 Å². The summed E-state index contributed by atoms with van der Waals surface area (Å²) in [6.45, 7) is 7.34. The number of hydrogen-bond donors (Lipinski definition) is 0. The third-order valence-corrected chi connectivity index (χ3v) is 8.58. The minimum absolute atomic E-state index is 0.716. The van der Waals surface area contributed by atoms with Crippen molar-refractivity contribution >= 4 is 8.07 Å². The van der Waals surface area contributed by atoms with E-state index < -0.39 is 8.07 Å². The first-order valence-corrected chi connectivity index (χ1v) is 9.32. The van der Waals surface area contributed by atoms with Gasteiger partial charge in [0.2, 0.25) is 0 Å². The Morgan fingerprint density at radius 1 is 1.15 bits per heavy atom. The lowest BCUT2D eigenvalue weighted by Gasteiger charge is -2.35. The van der Waals surface area contributed by atoms with Crippen molar-refractivity contribution in [1.82, 2.24) is 0 Å². The molecular weight excluding hydrogens is 172 g/mol. The molecule has 0 unspecified atom stereocenters. The van der Waals surface area contributed by atoms with E-state index in [-0.39, 0.29) is 0 Å². The molecule has 1 rings (SSSR count). The molecule has 1 heteroatoms. The fraction of sp³-hybridized carbons (Fsp3) is 1.00. The SMILES string of the molecule is CCCC[Si]1(C)CCC(CC)CC1. The summed E-state index contributed by atoms with van der Waals surface area (Å²) in [7, 11) is -0.716. The third-order valence-electron chi connectivity index (χ3n) is 4.02. The van der Waals surface area contributed by atoms with Gasteiger partial charge in [-0.3, -0.25) is 0 Å². The summed E-state index contributed by atoms with van der Waals surface area (Å²) in [5.41, 5.74) is 0. The maximum atomic E-state index is 2.65. The summed E-state index contributed by atoms with van der Waals surface area (Å²) >= 11 is 0. The first-order chi connectivity index (χ1) is 6.20. The van der Waals surface area contributed by atoms with Crippen LogP contribution in [0.25, 0.3) is 0 Å². The highest BCUT2D eigenvalue weighted by Crippen LogP contribution is 2.37. The third kappa shape index (κ3) is 3.45. The molecule has 1 aliphatic heterocycles. The van der Waals surface area contributed by atoms with Gasteiger partial charge >= 0.3 is 0 Å². The summed E-state index contributed by atoms with van der Waals surface area (Å²) in [5.74, 6) is 1.09. The molecule has 1 aliphatic rings. The predicted octanol–water partition coefficient (Wildman–Crippen LogP) is 4.69. The Morgan fingerprint density at radius 3 is 2.23 bits per heavy atom. The van der Waals surface area contributed by atoms with E-state index in [2.05, 4.69) is 20.4 Å². The Hall–Kier alpha value is 0.217. The fourth-order valence-corrected chi connectivity index (χ4v) is 6.80. The van der Waals surface area contributed by atoms with E-state index in [1.54, 1.807) is 31.0 Å². The summed E-state index contributed by atoms with van der Waals surface area (Å²) in [4.78, 5) is 0. The molecule has 0 radical (unpaired) electrons. The zero-order chi connectivity index (χ0) is 9.73. The van der Waals surface area contributed by atoms with Gasteiger partial charge in [-0.05, 0) is 5.92 Å². The van der Waals surface area contributed by atoms with Crippen molar-refractivity contribution in [2.45, 2.75) is 70.6 Å². The second-order valence-corrected chi connectivity index (χ2v) is 10.4. The van der Waals surface area contributed by atoms with Crippen molar-refractivity contribution in [2.24, 2.45) is 5.92 Å². The van der Waals surface area contributed by atoms with Gasteiger partial charge in [-0.1, -0.05) is 70.6 Å². The molecule has 0 bridgehead atoms. The van der Waals surface area contributed by atoms with E-state index in [4.69, 9.17) is 0 Å². The minimum Gasteiger partial charge on any atom is -0.0691 e. The molecule has 0 nitrogen and oxygen atoms in total. The van der Waals surface area contributed by atoms with Crippen LogP contribution in [0.1, 0.15) is 46.0 Å². The average molecular weight is 198 g/mol. The van der Waals surface area contributed by atoms with Gasteiger partial charge in [0.25, 0.3) is 0 Å². The zero-order valence-corrected chi connectivity index (χ0v) is 10.7. The van der Waals surface area contributed by atoms with Crippen LogP contribution in [0.15, 0.2) is 0 Å². The van der Waals surface area contributed by atoms with Gasteiger partial charge in [0.15, 0.2) is 0 Å². The van der Waals surface area contributed by atoms with Gasteiger partial charge in [0.1, 0.15) is 0 Å². The van der Waals surface area contributed by atoms with E-state index in [0.717, 1.165) is 5.92 Å². The standard InChI is InChI=1S/C12H26Si/c1-4-6-9-13(3)10-7-12(5-2)8-11-13/h12H,4-11H2,1-3H3. The quantitative estimate of drug-likeness (QED) is 0.575. The molecule has 0 aromatic carbocycles. The average Bonchev–Trinajstić information content (AvgIpc) is 2.16. The van der Waals surface area contributed by atoms with Gasteiger partial charge in [0, 0.05) is 0 Å². The van der Waals surface area contributed by atoms with E-state index in [0.29, 0.717) is 0 Å². The molecule has 0 aliphatic carbocycles. The summed E-state index contributed by atoms with van der Waals surface area (Å²) < 4.78 is 0. The molecule has 1 heterocycles. The topological polar surface area (TPSA) is 0 Å². The van der Waals surface area contributed by atoms with Crippen molar-refractivity contribution in [3.63, 3.8) is 0 Å². The number of rotatable bonds is 4. The summed E-state index contributed by atoms with van der Waals surface area (Å²) in [6, 6.07) is 4.87. The maximum Gasteiger partial charge on any atom is 0.0504 e. The minimum atomic E-state index is -0.716. The summed E-state index contributed by atoms with van der Waals surface area (Å²) in [5, 5.41) is 0. The van der Waals surface area contributed by atoms with Crippen LogP contribution in [0.5, 0.6) is 0 Å². The van der Waals surface area contributed by atoms with Crippen LogP contribution in [-0.4, -0.2) is 8.07 Å². The van der Waals surface area contributed by atoms with E-state index in [9.17, 15) is 0 Å². The monoisotopic (exact) mass is 198 g/mol. The molecule has 78 valence electrons. The lowest BCUT2D eigenvalue weighted by molar-refractivity contribution is 0.451. The highest BCUT2D eigenvalue weighted by Gasteiger charge is 2.31. The van der Waals surface area contributed by atoms with Crippen LogP contribution < -0.4 is 0 Å². The molecule has 0 N–H and O–H groups in total. The van der Waals surface area contributed by atoms with Crippen LogP contribution >= 0.6 is 0 Å². The second-order valence-electron chi connectivity index (χ2n) is 5.27. The fourth-order valence-electron chi connectivity index (χ4n) is 2.64. The van der Waals surface area contributed by atoms with Crippen LogP contribution in [0, 0.1) is 5.92 Å². The maximum absolute atomic E-state index is 2.65. The van der Waals surface area contributed by atoms with Crippen molar-refractivity contribution < 1.29 is 0 Å². The first-order valence-electron chi connectivity index (χ1n) is 6.20. The van der Waals surface area contributed by atoms with Crippen LogP contribution in [0.3, 0.4) is 0 Å². The molecule has 0 amide bonds. The predicted molar refractivity (Wildman–Crippen MR) is 64.0 cm³/mol. The van der Waals surface area contributed by atoms with Crippen LogP contribution in [-0.2, 0) is 0 Å². The van der Waals surface area contributed by atoms with Crippen molar-refractivity contribution in [1.29, 1.82) is 0 Å². The Bertz CT molecular complexity index is 134. The Kier molecular flexibility index (Phi) is 4.50. The molecule has 0 aromatic rings. The second kappa shape index (κ2) is 5.19. The lowest BCUT2D eigenvalue weighted by Crippen LogP contribution is -2.34. The first kappa shape index (κ1) is 11.3. The van der Waals surface area contributed by atoms with E-state index >= 15 is 0 Å². The van der Waals surface area contributed by atoms with Crippen LogP contribution in [0.4, 0.5) is 0 Å². The van der Waals surface area contributed by atoms with Gasteiger partial charge in [-0.25, -0.2) is 0 Å². The Balaban J connectivity index is 2.28. The van der Waals surface area contributed by atoms with Crippen molar-refractivity contribution in [3.05, 3.63) is 0 Å². The zero-order valence-electron chi connectivity index (χ0n) is 9.73. The molecule has 1 saturated heterocycles. The molecular formula is C12H26Si. The number of hydrogen-bond acceptors (Lipinski definition) is 0.